The summed E-state index contributed by atoms with van der Waals surface area (Å²) in [5.74, 6) is 0. The van der Waals surface area contributed by atoms with Crippen molar-refractivity contribution in [3.05, 3.63) is 228 Å². The Morgan fingerprint density at radius 2 is 1.12 bits per heavy atom. The molecular weight excluding hydrogens is 675 g/mol. The molecule has 0 aliphatic heterocycles. The highest BCUT2D eigenvalue weighted by molar-refractivity contribution is 6.16. The van der Waals surface area contributed by atoms with Gasteiger partial charge in [-0.1, -0.05) is 184 Å². The van der Waals surface area contributed by atoms with E-state index in [0.29, 0.717) is 0 Å². The van der Waals surface area contributed by atoms with Crippen LogP contribution in [0.4, 0.5) is 17.1 Å². The lowest BCUT2D eigenvalue weighted by molar-refractivity contribution is 0.643. The first-order valence-electron chi connectivity index (χ1n) is 19.8. The first kappa shape index (κ1) is 32.7. The molecule has 3 aliphatic rings. The third-order valence-electron chi connectivity index (χ3n) is 12.9. The van der Waals surface area contributed by atoms with Gasteiger partial charge in [0.25, 0.3) is 0 Å². The number of fused-ring (bicyclic) bond motifs is 13. The number of hydrogen-bond acceptors (Lipinski definition) is 1. The molecule has 0 amide bonds. The van der Waals surface area contributed by atoms with Gasteiger partial charge in [-0.3, -0.25) is 0 Å². The van der Waals surface area contributed by atoms with Crippen molar-refractivity contribution in [1.82, 2.24) is 0 Å². The van der Waals surface area contributed by atoms with Crippen LogP contribution in [-0.2, 0) is 10.8 Å². The van der Waals surface area contributed by atoms with Crippen LogP contribution in [0.25, 0.3) is 49.4 Å². The second kappa shape index (κ2) is 12.2. The Labute approximate surface area is 329 Å². The van der Waals surface area contributed by atoms with Gasteiger partial charge in [0.1, 0.15) is 0 Å². The van der Waals surface area contributed by atoms with Crippen LogP contribution in [0.1, 0.15) is 53.6 Å². The van der Waals surface area contributed by atoms with E-state index in [0.717, 1.165) is 17.7 Å². The lowest BCUT2D eigenvalue weighted by Crippen LogP contribution is -2.27. The van der Waals surface area contributed by atoms with E-state index in [9.17, 15) is 0 Å². The lowest BCUT2D eigenvalue weighted by atomic mass is 9.68. The molecule has 0 saturated carbocycles. The highest BCUT2D eigenvalue weighted by atomic mass is 15.1. The molecule has 0 saturated heterocycles. The molecule has 266 valence electrons. The highest BCUT2D eigenvalue weighted by Crippen LogP contribution is 2.60. The van der Waals surface area contributed by atoms with E-state index in [1.807, 2.05) is 0 Å². The van der Waals surface area contributed by atoms with Crippen LogP contribution in [0.15, 0.2) is 195 Å². The van der Waals surface area contributed by atoms with E-state index in [-0.39, 0.29) is 5.41 Å². The molecule has 56 heavy (non-hydrogen) atoms. The van der Waals surface area contributed by atoms with Gasteiger partial charge < -0.3 is 4.90 Å². The van der Waals surface area contributed by atoms with Gasteiger partial charge in [-0.2, -0.15) is 0 Å². The van der Waals surface area contributed by atoms with Gasteiger partial charge in [0, 0.05) is 22.1 Å². The minimum absolute atomic E-state index is 0.141. The number of nitrogens with zero attached hydrogens (tertiary/aromatic N) is 1. The van der Waals surface area contributed by atoms with Gasteiger partial charge >= 0.3 is 0 Å². The van der Waals surface area contributed by atoms with Crippen LogP contribution in [0.2, 0.25) is 0 Å². The Morgan fingerprint density at radius 3 is 1.98 bits per heavy atom. The minimum atomic E-state index is -0.414. The number of rotatable bonds is 3. The van der Waals surface area contributed by atoms with Crippen molar-refractivity contribution in [1.29, 1.82) is 0 Å². The molecule has 1 unspecified atom stereocenters. The predicted octanol–water partition coefficient (Wildman–Crippen LogP) is 14.6. The first-order valence-corrected chi connectivity index (χ1v) is 19.8. The summed E-state index contributed by atoms with van der Waals surface area (Å²) >= 11 is 0. The van der Waals surface area contributed by atoms with E-state index in [1.165, 1.54) is 88.6 Å². The van der Waals surface area contributed by atoms with Crippen LogP contribution < -0.4 is 4.90 Å². The summed E-state index contributed by atoms with van der Waals surface area (Å²) in [6.45, 7) is 9.33. The molecule has 0 bridgehead atoms. The maximum atomic E-state index is 4.57. The predicted molar refractivity (Wildman–Crippen MR) is 237 cm³/mol. The molecule has 0 radical (unpaired) electrons. The Morgan fingerprint density at radius 1 is 0.500 bits per heavy atom. The Balaban J connectivity index is 1.25. The van der Waals surface area contributed by atoms with Gasteiger partial charge in [0.15, 0.2) is 0 Å². The molecule has 0 aromatic heterocycles. The van der Waals surface area contributed by atoms with Gasteiger partial charge in [-0.15, -0.1) is 0 Å². The molecule has 0 fully saturated rings. The van der Waals surface area contributed by atoms with E-state index in [1.54, 1.807) is 0 Å². The molecule has 0 N–H and O–H groups in total. The number of benzene rings is 8. The summed E-state index contributed by atoms with van der Waals surface area (Å²) in [4.78, 5) is 2.57. The fourth-order valence-electron chi connectivity index (χ4n) is 10.4. The van der Waals surface area contributed by atoms with E-state index in [2.05, 4.69) is 213 Å². The standard InChI is InChI=1S/C55H41N/c1-36-17-5-4-14-34-55(46-25-12-8-20-40(36)46)47-26-13-10-23-44(47)53-48(55)27-16-29-51(53)56(50-28-15-19-38-31-30-37-18-6-7-21-41(37)52(38)50)39-32-33-43-42-22-9-11-24-45(42)54(2,3)49(43)35-39/h4-33,35H,1,34H2,2-3H3/b14-4-,17-5-. The van der Waals surface area contributed by atoms with Crippen molar-refractivity contribution in [2.75, 3.05) is 4.90 Å². The maximum Gasteiger partial charge on any atom is 0.0546 e. The smallest absolute Gasteiger partial charge is 0.0546 e. The normalized spacial score (nSPS) is 18.3. The Kier molecular flexibility index (Phi) is 7.10. The summed E-state index contributed by atoms with van der Waals surface area (Å²) in [7, 11) is 0. The average molecular weight is 716 g/mol. The summed E-state index contributed by atoms with van der Waals surface area (Å²) in [5, 5.41) is 4.98. The van der Waals surface area contributed by atoms with E-state index in [4.69, 9.17) is 0 Å². The van der Waals surface area contributed by atoms with Crippen LogP contribution in [0.5, 0.6) is 0 Å². The number of allylic oxidation sites excluding steroid dienone is 5. The summed E-state index contributed by atoms with van der Waals surface area (Å²) in [6.07, 6.45) is 9.66. The number of anilines is 3. The highest BCUT2D eigenvalue weighted by Gasteiger charge is 2.47. The zero-order valence-corrected chi connectivity index (χ0v) is 31.8. The number of hydrogen-bond donors (Lipinski definition) is 0. The van der Waals surface area contributed by atoms with Crippen LogP contribution in [-0.4, -0.2) is 0 Å². The molecule has 8 aromatic carbocycles. The van der Waals surface area contributed by atoms with Crippen molar-refractivity contribution < 1.29 is 0 Å². The van der Waals surface area contributed by atoms with Crippen molar-refractivity contribution in [2.45, 2.75) is 31.1 Å². The largest absolute Gasteiger partial charge is 0.309 e. The van der Waals surface area contributed by atoms with Crippen LogP contribution in [0.3, 0.4) is 0 Å². The van der Waals surface area contributed by atoms with E-state index < -0.39 is 5.41 Å². The second-order valence-corrected chi connectivity index (χ2v) is 16.1. The topological polar surface area (TPSA) is 3.24 Å². The zero-order chi connectivity index (χ0) is 37.6. The first-order chi connectivity index (χ1) is 27.5. The molecule has 1 heteroatoms. The van der Waals surface area contributed by atoms with Crippen molar-refractivity contribution in [2.24, 2.45) is 0 Å². The summed E-state index contributed by atoms with van der Waals surface area (Å²) < 4.78 is 0. The fourth-order valence-corrected chi connectivity index (χ4v) is 10.4. The Bertz CT molecular complexity index is 3010. The third-order valence-corrected chi connectivity index (χ3v) is 12.9. The second-order valence-electron chi connectivity index (χ2n) is 16.1. The maximum absolute atomic E-state index is 4.57. The van der Waals surface area contributed by atoms with Gasteiger partial charge in [-0.25, -0.2) is 0 Å². The summed E-state index contributed by atoms with van der Waals surface area (Å²) in [5.41, 5.74) is 17.1. The molecule has 1 spiro atoms. The van der Waals surface area contributed by atoms with Crippen LogP contribution in [0, 0.1) is 0 Å². The molecule has 3 aliphatic carbocycles. The van der Waals surface area contributed by atoms with Crippen LogP contribution >= 0.6 is 0 Å². The average Bonchev–Trinajstić information content (AvgIpc) is 3.68. The van der Waals surface area contributed by atoms with Crippen molar-refractivity contribution in [3.63, 3.8) is 0 Å². The Hall–Kier alpha value is -6.70. The van der Waals surface area contributed by atoms with Gasteiger partial charge in [0.05, 0.1) is 16.8 Å². The van der Waals surface area contributed by atoms with Crippen molar-refractivity contribution in [3.8, 4) is 22.3 Å². The monoisotopic (exact) mass is 715 g/mol. The van der Waals surface area contributed by atoms with Gasteiger partial charge in [0.2, 0.25) is 0 Å². The molecule has 8 aromatic rings. The van der Waals surface area contributed by atoms with Crippen molar-refractivity contribution >= 4 is 44.2 Å². The SMILES string of the molecule is C=C1/C=C\C=C/CC2(c3ccccc31)c1ccccc1-c1c(N(c3ccc4c(c3)C(C)(C)c3ccccc3-4)c3cccc4ccc5ccccc5c34)cccc12. The van der Waals surface area contributed by atoms with E-state index >= 15 is 0 Å². The lowest BCUT2D eigenvalue weighted by Gasteiger charge is -2.35. The molecular formula is C55H41N. The third kappa shape index (κ3) is 4.49. The minimum Gasteiger partial charge on any atom is -0.309 e. The molecule has 1 atom stereocenters. The fraction of sp³-hybridized carbons (Fsp3) is 0.0909. The quantitative estimate of drug-likeness (QED) is 0.165. The zero-order valence-electron chi connectivity index (χ0n) is 31.8. The molecule has 0 heterocycles. The molecule has 1 nitrogen and oxygen atoms in total. The van der Waals surface area contributed by atoms with Gasteiger partial charge in [-0.05, 0) is 102 Å². The summed E-state index contributed by atoms with van der Waals surface area (Å²) in [6, 6.07) is 61.4. The molecule has 11 rings (SSSR count).